The molecule has 0 amide bonds. The topological polar surface area (TPSA) is 56.7 Å². The van der Waals surface area contributed by atoms with Crippen molar-refractivity contribution in [1.29, 1.82) is 0 Å². The van der Waals surface area contributed by atoms with E-state index in [9.17, 15) is 4.79 Å². The third kappa shape index (κ3) is 2.56. The Morgan fingerprint density at radius 3 is 2.84 bits per heavy atom. The van der Waals surface area contributed by atoms with Crippen molar-refractivity contribution in [2.24, 2.45) is 0 Å². The van der Waals surface area contributed by atoms with Gasteiger partial charge in [0.05, 0.1) is 11.9 Å². The number of aromatic carboxylic acids is 1. The summed E-state index contributed by atoms with van der Waals surface area (Å²) in [5.74, 6) is -0.968. The van der Waals surface area contributed by atoms with Crippen molar-refractivity contribution in [3.63, 3.8) is 0 Å². The van der Waals surface area contributed by atoms with Gasteiger partial charge in [0, 0.05) is 25.7 Å². The van der Waals surface area contributed by atoms with E-state index in [1.165, 1.54) is 25.9 Å². The summed E-state index contributed by atoms with van der Waals surface area (Å²) < 4.78 is 0. The largest absolute Gasteiger partial charge is 0.477 e. The Kier molecular flexibility index (Phi) is 3.38. The van der Waals surface area contributed by atoms with Gasteiger partial charge in [-0.15, -0.1) is 0 Å². The molecule has 5 heteroatoms. The second kappa shape index (κ2) is 5.17. The van der Waals surface area contributed by atoms with Crippen LogP contribution in [-0.4, -0.2) is 53.2 Å². The van der Waals surface area contributed by atoms with Gasteiger partial charge in [0.2, 0.25) is 0 Å². The van der Waals surface area contributed by atoms with Crippen molar-refractivity contribution in [1.82, 2.24) is 9.88 Å². The molecule has 102 valence electrons. The van der Waals surface area contributed by atoms with Crippen LogP contribution in [0.2, 0.25) is 0 Å². The standard InChI is InChI=1S/C14H19N3O2/c18-14(19)13-5-4-11(9-15-13)17-8-2-7-16-6-1-3-12(16)10-17/h4-5,9,12H,1-3,6-8,10H2,(H,18,19). The summed E-state index contributed by atoms with van der Waals surface area (Å²) in [6.07, 6.45) is 5.43. The van der Waals surface area contributed by atoms with Crippen LogP contribution in [-0.2, 0) is 0 Å². The Morgan fingerprint density at radius 1 is 1.26 bits per heavy atom. The first kappa shape index (κ1) is 12.4. The molecule has 0 saturated carbocycles. The highest BCUT2D eigenvalue weighted by molar-refractivity contribution is 5.85. The summed E-state index contributed by atoms with van der Waals surface area (Å²) >= 11 is 0. The molecule has 1 N–H and O–H groups in total. The molecule has 1 unspecified atom stereocenters. The number of rotatable bonds is 2. The van der Waals surface area contributed by atoms with Crippen molar-refractivity contribution in [2.75, 3.05) is 31.1 Å². The van der Waals surface area contributed by atoms with Gasteiger partial charge in [-0.05, 0) is 37.9 Å². The van der Waals surface area contributed by atoms with Crippen LogP contribution in [0.4, 0.5) is 5.69 Å². The zero-order valence-electron chi connectivity index (χ0n) is 11.0. The van der Waals surface area contributed by atoms with E-state index >= 15 is 0 Å². The van der Waals surface area contributed by atoms with E-state index in [1.807, 2.05) is 6.07 Å². The van der Waals surface area contributed by atoms with Crippen LogP contribution in [0.1, 0.15) is 29.8 Å². The van der Waals surface area contributed by atoms with E-state index in [2.05, 4.69) is 14.8 Å². The minimum absolute atomic E-state index is 0.112. The number of nitrogens with zero attached hydrogens (tertiary/aromatic N) is 3. The molecule has 0 aromatic carbocycles. The smallest absolute Gasteiger partial charge is 0.354 e. The molecule has 0 radical (unpaired) electrons. The van der Waals surface area contributed by atoms with Gasteiger partial charge in [0.25, 0.3) is 0 Å². The van der Waals surface area contributed by atoms with Crippen LogP contribution in [0, 0.1) is 0 Å². The molecular weight excluding hydrogens is 242 g/mol. The molecule has 2 fully saturated rings. The number of fused-ring (bicyclic) bond motifs is 1. The average molecular weight is 261 g/mol. The Labute approximate surface area is 112 Å². The first-order chi connectivity index (χ1) is 9.24. The number of hydrogen-bond acceptors (Lipinski definition) is 4. The van der Waals surface area contributed by atoms with Gasteiger partial charge in [-0.1, -0.05) is 0 Å². The van der Waals surface area contributed by atoms with E-state index in [0.29, 0.717) is 6.04 Å². The number of carbonyl (C=O) groups is 1. The van der Waals surface area contributed by atoms with E-state index < -0.39 is 5.97 Å². The maximum absolute atomic E-state index is 10.8. The summed E-state index contributed by atoms with van der Waals surface area (Å²) in [6, 6.07) is 4.12. The van der Waals surface area contributed by atoms with Crippen LogP contribution >= 0.6 is 0 Å². The number of carboxylic acids is 1. The molecule has 3 rings (SSSR count). The predicted molar refractivity (Wildman–Crippen MR) is 72.6 cm³/mol. The lowest BCUT2D eigenvalue weighted by atomic mass is 10.2. The number of hydrogen-bond donors (Lipinski definition) is 1. The third-order valence-electron chi connectivity index (χ3n) is 4.14. The van der Waals surface area contributed by atoms with Gasteiger partial charge in [-0.2, -0.15) is 0 Å². The molecule has 2 aliphatic heterocycles. The number of aromatic nitrogens is 1. The molecule has 0 aliphatic carbocycles. The first-order valence-electron chi connectivity index (χ1n) is 6.92. The third-order valence-corrected chi connectivity index (χ3v) is 4.14. The molecule has 2 aliphatic rings. The molecule has 0 spiro atoms. The highest BCUT2D eigenvalue weighted by atomic mass is 16.4. The fourth-order valence-corrected chi connectivity index (χ4v) is 3.14. The summed E-state index contributed by atoms with van der Waals surface area (Å²) in [5, 5.41) is 8.87. The molecule has 1 aromatic heterocycles. The zero-order chi connectivity index (χ0) is 13.2. The molecule has 0 bridgehead atoms. The fraction of sp³-hybridized carbons (Fsp3) is 0.571. The summed E-state index contributed by atoms with van der Waals surface area (Å²) in [6.45, 7) is 4.48. The summed E-state index contributed by atoms with van der Waals surface area (Å²) in [4.78, 5) is 19.7. The van der Waals surface area contributed by atoms with Crippen molar-refractivity contribution in [3.8, 4) is 0 Å². The first-order valence-corrected chi connectivity index (χ1v) is 6.92. The number of carboxylic acid groups (broad SMARTS) is 1. The van der Waals surface area contributed by atoms with E-state index in [-0.39, 0.29) is 5.69 Å². The molecule has 1 aromatic rings. The number of anilines is 1. The van der Waals surface area contributed by atoms with Gasteiger partial charge >= 0.3 is 5.97 Å². The maximum Gasteiger partial charge on any atom is 0.354 e. The van der Waals surface area contributed by atoms with Crippen molar-refractivity contribution < 1.29 is 9.90 Å². The van der Waals surface area contributed by atoms with Crippen LogP contribution in [0.5, 0.6) is 0 Å². The fourth-order valence-electron chi connectivity index (χ4n) is 3.14. The highest BCUT2D eigenvalue weighted by Crippen LogP contribution is 2.24. The number of pyridine rings is 1. The summed E-state index contributed by atoms with van der Waals surface area (Å²) in [7, 11) is 0. The Balaban J connectivity index is 1.75. The quantitative estimate of drug-likeness (QED) is 0.873. The van der Waals surface area contributed by atoms with Gasteiger partial charge < -0.3 is 10.0 Å². The maximum atomic E-state index is 10.8. The van der Waals surface area contributed by atoms with Gasteiger partial charge in [-0.25, -0.2) is 9.78 Å². The van der Waals surface area contributed by atoms with Crippen molar-refractivity contribution in [2.45, 2.75) is 25.3 Å². The second-order valence-electron chi connectivity index (χ2n) is 5.34. The molecule has 5 nitrogen and oxygen atoms in total. The van der Waals surface area contributed by atoms with Crippen LogP contribution in [0.3, 0.4) is 0 Å². The van der Waals surface area contributed by atoms with E-state index in [4.69, 9.17) is 5.11 Å². The van der Waals surface area contributed by atoms with Crippen LogP contribution < -0.4 is 4.90 Å². The minimum atomic E-state index is -0.968. The van der Waals surface area contributed by atoms with Crippen LogP contribution in [0.15, 0.2) is 18.3 Å². The SMILES string of the molecule is O=C(O)c1ccc(N2CCCN3CCCC3C2)cn1. The van der Waals surface area contributed by atoms with Crippen molar-refractivity contribution in [3.05, 3.63) is 24.0 Å². The lowest BCUT2D eigenvalue weighted by Crippen LogP contribution is -2.36. The Hall–Kier alpha value is -1.62. The molecule has 2 saturated heterocycles. The molecule has 3 heterocycles. The Morgan fingerprint density at radius 2 is 2.11 bits per heavy atom. The minimum Gasteiger partial charge on any atom is -0.477 e. The molecule has 1 atom stereocenters. The molecule has 19 heavy (non-hydrogen) atoms. The van der Waals surface area contributed by atoms with Crippen molar-refractivity contribution >= 4 is 11.7 Å². The van der Waals surface area contributed by atoms with E-state index in [1.54, 1.807) is 12.3 Å². The van der Waals surface area contributed by atoms with Gasteiger partial charge in [-0.3, -0.25) is 4.90 Å². The molecular formula is C14H19N3O2. The second-order valence-corrected chi connectivity index (χ2v) is 5.34. The lowest BCUT2D eigenvalue weighted by molar-refractivity contribution is 0.0690. The van der Waals surface area contributed by atoms with Gasteiger partial charge in [0.1, 0.15) is 5.69 Å². The normalized spacial score (nSPS) is 24.0. The predicted octanol–water partition coefficient (Wildman–Crippen LogP) is 1.45. The summed E-state index contributed by atoms with van der Waals surface area (Å²) in [5.41, 5.74) is 1.15. The monoisotopic (exact) mass is 261 g/mol. The van der Waals surface area contributed by atoms with Crippen LogP contribution in [0.25, 0.3) is 0 Å². The van der Waals surface area contributed by atoms with E-state index in [0.717, 1.165) is 25.2 Å². The average Bonchev–Trinajstić information content (AvgIpc) is 2.76. The highest BCUT2D eigenvalue weighted by Gasteiger charge is 2.28. The Bertz CT molecular complexity index is 460. The lowest BCUT2D eigenvalue weighted by Gasteiger charge is -2.27. The zero-order valence-corrected chi connectivity index (χ0v) is 11.0. The van der Waals surface area contributed by atoms with Gasteiger partial charge in [0.15, 0.2) is 0 Å².